The number of carbonyl (C=O) groups excluding carboxylic acids is 1. The Morgan fingerprint density at radius 3 is 2.11 bits per heavy atom. The molecule has 0 radical (unpaired) electrons. The SMILES string of the molecule is CN(C)c1ccc(N(CCC(=O)NCCc2ccccc2)S(C)(=O)=O)cc1. The minimum atomic E-state index is -3.47. The predicted octanol–water partition coefficient (Wildman–Crippen LogP) is 2.27. The summed E-state index contributed by atoms with van der Waals surface area (Å²) in [5.74, 6) is -0.163. The lowest BCUT2D eigenvalue weighted by Gasteiger charge is -2.23. The number of rotatable bonds is 9. The maximum Gasteiger partial charge on any atom is 0.232 e. The van der Waals surface area contributed by atoms with E-state index < -0.39 is 10.0 Å². The van der Waals surface area contributed by atoms with Gasteiger partial charge in [0.15, 0.2) is 0 Å². The Balaban J connectivity index is 1.91. The van der Waals surface area contributed by atoms with Crippen LogP contribution in [0.25, 0.3) is 0 Å². The van der Waals surface area contributed by atoms with Crippen molar-refractivity contribution in [2.24, 2.45) is 0 Å². The van der Waals surface area contributed by atoms with Gasteiger partial charge in [-0.15, -0.1) is 0 Å². The molecule has 2 aromatic rings. The average molecular weight is 390 g/mol. The molecular formula is C20H27N3O3S. The Hall–Kier alpha value is -2.54. The average Bonchev–Trinajstić information content (AvgIpc) is 2.62. The standard InChI is InChI=1S/C20H27N3O3S/c1-22(2)18-9-11-19(12-10-18)23(27(3,25)26)16-14-20(24)21-15-13-17-7-5-4-6-8-17/h4-12H,13-16H2,1-3H3,(H,21,24). The maximum absolute atomic E-state index is 12.1. The van der Waals surface area contributed by atoms with E-state index >= 15 is 0 Å². The van der Waals surface area contributed by atoms with E-state index in [0.717, 1.165) is 23.9 Å². The molecule has 7 heteroatoms. The molecule has 1 N–H and O–H groups in total. The van der Waals surface area contributed by atoms with E-state index in [4.69, 9.17) is 0 Å². The molecule has 0 bridgehead atoms. The van der Waals surface area contributed by atoms with Crippen LogP contribution in [0.1, 0.15) is 12.0 Å². The number of anilines is 2. The van der Waals surface area contributed by atoms with Crippen molar-refractivity contribution in [1.82, 2.24) is 5.32 Å². The van der Waals surface area contributed by atoms with Crippen molar-refractivity contribution in [3.8, 4) is 0 Å². The molecular weight excluding hydrogens is 362 g/mol. The number of sulfonamides is 1. The Morgan fingerprint density at radius 2 is 1.56 bits per heavy atom. The van der Waals surface area contributed by atoms with Crippen LogP contribution in [0.15, 0.2) is 54.6 Å². The number of nitrogens with zero attached hydrogens (tertiary/aromatic N) is 2. The Bertz CT molecular complexity index is 835. The van der Waals surface area contributed by atoms with Gasteiger partial charge in [-0.05, 0) is 36.2 Å². The molecule has 0 atom stereocenters. The largest absolute Gasteiger partial charge is 0.378 e. The third-order valence-corrected chi connectivity index (χ3v) is 5.37. The highest BCUT2D eigenvalue weighted by Crippen LogP contribution is 2.21. The molecule has 0 unspecified atom stereocenters. The van der Waals surface area contributed by atoms with Crippen LogP contribution in [-0.4, -0.2) is 47.8 Å². The van der Waals surface area contributed by atoms with Crippen molar-refractivity contribution in [3.05, 3.63) is 60.2 Å². The summed E-state index contributed by atoms with van der Waals surface area (Å²) in [5, 5.41) is 2.85. The summed E-state index contributed by atoms with van der Waals surface area (Å²) in [6, 6.07) is 17.1. The first-order chi connectivity index (χ1) is 12.8. The molecule has 0 fully saturated rings. The fraction of sp³-hybridized carbons (Fsp3) is 0.350. The van der Waals surface area contributed by atoms with E-state index in [1.54, 1.807) is 12.1 Å². The second-order valence-electron chi connectivity index (χ2n) is 6.58. The first kappa shape index (κ1) is 20.8. The summed E-state index contributed by atoms with van der Waals surface area (Å²) in [4.78, 5) is 14.0. The van der Waals surface area contributed by atoms with E-state index in [0.29, 0.717) is 12.2 Å². The van der Waals surface area contributed by atoms with Crippen LogP contribution >= 0.6 is 0 Å². The summed E-state index contributed by atoms with van der Waals surface area (Å²) >= 11 is 0. The van der Waals surface area contributed by atoms with Gasteiger partial charge >= 0.3 is 0 Å². The number of nitrogens with one attached hydrogen (secondary N) is 1. The topological polar surface area (TPSA) is 69.7 Å². The quantitative estimate of drug-likeness (QED) is 0.714. The van der Waals surface area contributed by atoms with Crippen molar-refractivity contribution in [1.29, 1.82) is 0 Å². The summed E-state index contributed by atoms with van der Waals surface area (Å²) < 4.78 is 25.6. The van der Waals surface area contributed by atoms with Crippen LogP contribution in [0.4, 0.5) is 11.4 Å². The fourth-order valence-corrected chi connectivity index (χ4v) is 3.61. The van der Waals surface area contributed by atoms with Gasteiger partial charge in [-0.1, -0.05) is 30.3 Å². The molecule has 0 aliphatic rings. The smallest absolute Gasteiger partial charge is 0.232 e. The number of amides is 1. The lowest BCUT2D eigenvalue weighted by atomic mass is 10.1. The molecule has 0 saturated carbocycles. The lowest BCUT2D eigenvalue weighted by Crippen LogP contribution is -2.35. The molecule has 27 heavy (non-hydrogen) atoms. The molecule has 0 spiro atoms. The van der Waals surface area contributed by atoms with E-state index in [2.05, 4.69) is 5.32 Å². The van der Waals surface area contributed by atoms with Gasteiger partial charge in [-0.2, -0.15) is 0 Å². The van der Waals surface area contributed by atoms with Crippen LogP contribution in [0.3, 0.4) is 0 Å². The van der Waals surface area contributed by atoms with Gasteiger partial charge in [-0.3, -0.25) is 9.10 Å². The van der Waals surface area contributed by atoms with Crippen molar-refractivity contribution in [2.75, 3.05) is 42.6 Å². The second-order valence-corrected chi connectivity index (χ2v) is 8.49. The number of hydrogen-bond donors (Lipinski definition) is 1. The molecule has 0 saturated heterocycles. The van der Waals surface area contributed by atoms with Crippen molar-refractivity contribution in [3.63, 3.8) is 0 Å². The number of hydrogen-bond acceptors (Lipinski definition) is 4. The van der Waals surface area contributed by atoms with Gasteiger partial charge in [0.05, 0.1) is 11.9 Å². The zero-order valence-corrected chi connectivity index (χ0v) is 16.9. The normalized spacial score (nSPS) is 11.1. The maximum atomic E-state index is 12.1. The van der Waals surface area contributed by atoms with Crippen LogP contribution in [0, 0.1) is 0 Å². The first-order valence-electron chi connectivity index (χ1n) is 8.83. The van der Waals surface area contributed by atoms with Gasteiger partial charge < -0.3 is 10.2 Å². The highest BCUT2D eigenvalue weighted by molar-refractivity contribution is 7.92. The monoisotopic (exact) mass is 389 g/mol. The van der Waals surface area contributed by atoms with E-state index in [1.807, 2.05) is 61.5 Å². The zero-order valence-electron chi connectivity index (χ0n) is 16.1. The highest BCUT2D eigenvalue weighted by atomic mass is 32.2. The Kier molecular flexibility index (Phi) is 7.24. The van der Waals surface area contributed by atoms with Gasteiger partial charge in [0.1, 0.15) is 0 Å². The molecule has 0 aliphatic carbocycles. The molecule has 2 rings (SSSR count). The molecule has 0 aromatic heterocycles. The van der Waals surface area contributed by atoms with Crippen LogP contribution < -0.4 is 14.5 Å². The number of benzene rings is 2. The van der Waals surface area contributed by atoms with Gasteiger partial charge in [-0.25, -0.2) is 8.42 Å². The lowest BCUT2D eigenvalue weighted by molar-refractivity contribution is -0.120. The Morgan fingerprint density at radius 1 is 0.963 bits per heavy atom. The van der Waals surface area contributed by atoms with E-state index in [-0.39, 0.29) is 18.9 Å². The summed E-state index contributed by atoms with van der Waals surface area (Å²) in [6.45, 7) is 0.635. The third-order valence-electron chi connectivity index (χ3n) is 4.18. The van der Waals surface area contributed by atoms with Crippen molar-refractivity contribution >= 4 is 27.3 Å². The second kappa shape index (κ2) is 9.41. The summed E-state index contributed by atoms with van der Waals surface area (Å²) in [5.41, 5.74) is 2.68. The first-order valence-corrected chi connectivity index (χ1v) is 10.7. The Labute approximate surface area is 161 Å². The minimum Gasteiger partial charge on any atom is -0.378 e. The molecule has 1 amide bonds. The van der Waals surface area contributed by atoms with Crippen molar-refractivity contribution in [2.45, 2.75) is 12.8 Å². The van der Waals surface area contributed by atoms with Crippen LogP contribution in [0.2, 0.25) is 0 Å². The van der Waals surface area contributed by atoms with Gasteiger partial charge in [0.2, 0.25) is 15.9 Å². The third kappa shape index (κ3) is 6.60. The van der Waals surface area contributed by atoms with Crippen LogP contribution in [-0.2, 0) is 21.2 Å². The molecule has 6 nitrogen and oxygen atoms in total. The van der Waals surface area contributed by atoms with Crippen LogP contribution in [0.5, 0.6) is 0 Å². The van der Waals surface area contributed by atoms with E-state index in [1.165, 1.54) is 4.31 Å². The summed E-state index contributed by atoms with van der Waals surface area (Å²) in [7, 11) is 0.369. The predicted molar refractivity (Wildman–Crippen MR) is 111 cm³/mol. The summed E-state index contributed by atoms with van der Waals surface area (Å²) in [6.07, 6.45) is 2.01. The zero-order chi connectivity index (χ0) is 19.9. The van der Waals surface area contributed by atoms with Gasteiger partial charge in [0, 0.05) is 39.3 Å². The molecule has 0 aliphatic heterocycles. The van der Waals surface area contributed by atoms with Crippen molar-refractivity contribution < 1.29 is 13.2 Å². The number of carbonyl (C=O) groups is 1. The fourth-order valence-electron chi connectivity index (χ4n) is 2.69. The van der Waals surface area contributed by atoms with E-state index in [9.17, 15) is 13.2 Å². The minimum absolute atomic E-state index is 0.108. The molecule has 146 valence electrons. The molecule has 2 aromatic carbocycles. The molecule has 0 heterocycles. The van der Waals surface area contributed by atoms with Gasteiger partial charge in [0.25, 0.3) is 0 Å². The highest BCUT2D eigenvalue weighted by Gasteiger charge is 2.18.